The molecule has 1 aromatic rings. The average Bonchev–Trinajstić information content (AvgIpc) is 2.56. The van der Waals surface area contributed by atoms with Gasteiger partial charge < -0.3 is 4.74 Å². The summed E-state index contributed by atoms with van der Waals surface area (Å²) in [7, 11) is 0. The third kappa shape index (κ3) is 2.23. The SMILES string of the molecule is O=C1C=CC(Cc2ccc(Br)cc2)O1. The second-order valence-electron chi connectivity index (χ2n) is 3.17. The molecule has 0 fully saturated rings. The summed E-state index contributed by atoms with van der Waals surface area (Å²) >= 11 is 3.37. The predicted octanol–water partition coefficient (Wildman–Crippen LogP) is 2.47. The highest BCUT2D eigenvalue weighted by Gasteiger charge is 2.16. The molecule has 1 aliphatic rings. The van der Waals surface area contributed by atoms with Crippen LogP contribution in [-0.4, -0.2) is 12.1 Å². The third-order valence-corrected chi connectivity index (χ3v) is 2.59. The standard InChI is InChI=1S/C11H9BrO2/c12-9-3-1-8(2-4-9)7-10-5-6-11(13)14-10/h1-6,10H,7H2. The van der Waals surface area contributed by atoms with Crippen LogP contribution in [0.2, 0.25) is 0 Å². The number of halogens is 1. The summed E-state index contributed by atoms with van der Waals surface area (Å²) in [5.41, 5.74) is 1.16. The van der Waals surface area contributed by atoms with Gasteiger partial charge in [-0.1, -0.05) is 28.1 Å². The van der Waals surface area contributed by atoms with Crippen LogP contribution in [0.25, 0.3) is 0 Å². The van der Waals surface area contributed by atoms with Crippen molar-refractivity contribution in [1.29, 1.82) is 0 Å². The summed E-state index contributed by atoms with van der Waals surface area (Å²) < 4.78 is 6.09. The van der Waals surface area contributed by atoms with E-state index in [0.717, 1.165) is 16.5 Å². The molecule has 1 heterocycles. The third-order valence-electron chi connectivity index (χ3n) is 2.06. The van der Waals surface area contributed by atoms with Gasteiger partial charge in [-0.15, -0.1) is 0 Å². The molecule has 72 valence electrons. The van der Waals surface area contributed by atoms with Gasteiger partial charge in [0.15, 0.2) is 0 Å². The van der Waals surface area contributed by atoms with E-state index < -0.39 is 0 Å². The van der Waals surface area contributed by atoms with Crippen molar-refractivity contribution in [2.75, 3.05) is 0 Å². The van der Waals surface area contributed by atoms with Crippen LogP contribution in [0.5, 0.6) is 0 Å². The van der Waals surface area contributed by atoms with Crippen molar-refractivity contribution < 1.29 is 9.53 Å². The molecule has 2 rings (SSSR count). The van der Waals surface area contributed by atoms with Crippen LogP contribution in [0.4, 0.5) is 0 Å². The maximum atomic E-state index is 10.8. The fourth-order valence-electron chi connectivity index (χ4n) is 1.38. The topological polar surface area (TPSA) is 26.3 Å². The first-order chi connectivity index (χ1) is 6.74. The number of cyclic esters (lactones) is 1. The Morgan fingerprint density at radius 2 is 2.00 bits per heavy atom. The van der Waals surface area contributed by atoms with Crippen molar-refractivity contribution in [1.82, 2.24) is 0 Å². The zero-order chi connectivity index (χ0) is 9.97. The monoisotopic (exact) mass is 252 g/mol. The highest BCUT2D eigenvalue weighted by molar-refractivity contribution is 9.10. The predicted molar refractivity (Wildman–Crippen MR) is 56.9 cm³/mol. The maximum absolute atomic E-state index is 10.8. The molecule has 14 heavy (non-hydrogen) atoms. The Hall–Kier alpha value is -1.09. The van der Waals surface area contributed by atoms with Crippen LogP contribution in [0.3, 0.4) is 0 Å². The number of hydrogen-bond donors (Lipinski definition) is 0. The lowest BCUT2D eigenvalue weighted by molar-refractivity contribution is -0.138. The normalized spacial score (nSPS) is 19.8. The van der Waals surface area contributed by atoms with E-state index >= 15 is 0 Å². The lowest BCUT2D eigenvalue weighted by atomic mass is 10.1. The Kier molecular flexibility index (Phi) is 2.68. The Morgan fingerprint density at radius 3 is 2.57 bits per heavy atom. The highest BCUT2D eigenvalue weighted by atomic mass is 79.9. The van der Waals surface area contributed by atoms with Gasteiger partial charge in [0.25, 0.3) is 0 Å². The molecule has 1 atom stereocenters. The Balaban J connectivity index is 2.01. The number of esters is 1. The molecule has 2 nitrogen and oxygen atoms in total. The molecule has 1 aromatic carbocycles. The number of carbonyl (C=O) groups excluding carboxylic acids is 1. The van der Waals surface area contributed by atoms with Gasteiger partial charge in [0, 0.05) is 17.0 Å². The van der Waals surface area contributed by atoms with Crippen molar-refractivity contribution >= 4 is 21.9 Å². The van der Waals surface area contributed by atoms with Gasteiger partial charge in [0.1, 0.15) is 6.10 Å². The van der Waals surface area contributed by atoms with Gasteiger partial charge >= 0.3 is 5.97 Å². The maximum Gasteiger partial charge on any atom is 0.331 e. The summed E-state index contributed by atoms with van der Waals surface area (Å²) in [5.74, 6) is -0.243. The van der Waals surface area contributed by atoms with Crippen molar-refractivity contribution in [2.45, 2.75) is 12.5 Å². The van der Waals surface area contributed by atoms with E-state index in [1.54, 1.807) is 6.08 Å². The zero-order valence-electron chi connectivity index (χ0n) is 7.44. The molecule has 3 heteroatoms. The van der Waals surface area contributed by atoms with Crippen LogP contribution < -0.4 is 0 Å². The molecular formula is C11H9BrO2. The van der Waals surface area contributed by atoms with E-state index in [1.165, 1.54) is 6.08 Å². The van der Waals surface area contributed by atoms with E-state index in [-0.39, 0.29) is 12.1 Å². The second-order valence-corrected chi connectivity index (χ2v) is 4.08. The minimum atomic E-state index is -0.243. The number of carbonyl (C=O) groups is 1. The highest BCUT2D eigenvalue weighted by Crippen LogP contribution is 2.15. The minimum absolute atomic E-state index is 0.0938. The largest absolute Gasteiger partial charge is 0.455 e. The first-order valence-electron chi connectivity index (χ1n) is 4.37. The van der Waals surface area contributed by atoms with Gasteiger partial charge in [-0.25, -0.2) is 4.79 Å². The summed E-state index contributed by atoms with van der Waals surface area (Å²) in [5, 5.41) is 0. The molecule has 0 N–H and O–H groups in total. The Labute approximate surface area is 90.7 Å². The first kappa shape index (κ1) is 9.46. The summed E-state index contributed by atoms with van der Waals surface area (Å²) in [6.45, 7) is 0. The van der Waals surface area contributed by atoms with Gasteiger partial charge in [-0.3, -0.25) is 0 Å². The minimum Gasteiger partial charge on any atom is -0.455 e. The van der Waals surface area contributed by atoms with Crippen molar-refractivity contribution in [2.24, 2.45) is 0 Å². The molecule has 0 saturated carbocycles. The fraction of sp³-hybridized carbons (Fsp3) is 0.182. The number of hydrogen-bond acceptors (Lipinski definition) is 2. The molecule has 0 saturated heterocycles. The van der Waals surface area contributed by atoms with Gasteiger partial charge in [-0.05, 0) is 23.8 Å². The van der Waals surface area contributed by atoms with E-state index in [4.69, 9.17) is 4.74 Å². The van der Waals surface area contributed by atoms with Crippen molar-refractivity contribution in [3.63, 3.8) is 0 Å². The molecule has 0 amide bonds. The number of benzene rings is 1. The van der Waals surface area contributed by atoms with Crippen LogP contribution in [0.1, 0.15) is 5.56 Å². The van der Waals surface area contributed by atoms with Crippen LogP contribution in [-0.2, 0) is 16.0 Å². The van der Waals surface area contributed by atoms with Crippen molar-refractivity contribution in [3.05, 3.63) is 46.5 Å². The Bertz CT molecular complexity index is 367. The number of rotatable bonds is 2. The molecule has 0 spiro atoms. The fourth-order valence-corrected chi connectivity index (χ4v) is 1.64. The molecule has 1 unspecified atom stereocenters. The molecule has 0 aliphatic carbocycles. The summed E-state index contributed by atoms with van der Waals surface area (Å²) in [6, 6.07) is 8.00. The molecule has 0 radical (unpaired) electrons. The lowest BCUT2D eigenvalue weighted by Gasteiger charge is -2.07. The summed E-state index contributed by atoms with van der Waals surface area (Å²) in [4.78, 5) is 10.8. The zero-order valence-corrected chi connectivity index (χ0v) is 9.03. The van der Waals surface area contributed by atoms with Crippen LogP contribution >= 0.6 is 15.9 Å². The van der Waals surface area contributed by atoms with E-state index in [2.05, 4.69) is 15.9 Å². The van der Waals surface area contributed by atoms with E-state index in [9.17, 15) is 4.79 Å². The second kappa shape index (κ2) is 3.96. The van der Waals surface area contributed by atoms with Gasteiger partial charge in [0.05, 0.1) is 0 Å². The van der Waals surface area contributed by atoms with Gasteiger partial charge in [-0.2, -0.15) is 0 Å². The summed E-state index contributed by atoms with van der Waals surface area (Å²) in [6.07, 6.45) is 3.92. The van der Waals surface area contributed by atoms with Crippen LogP contribution in [0, 0.1) is 0 Å². The van der Waals surface area contributed by atoms with Crippen LogP contribution in [0.15, 0.2) is 40.9 Å². The quantitative estimate of drug-likeness (QED) is 0.757. The molecular weight excluding hydrogens is 244 g/mol. The molecule has 0 bridgehead atoms. The smallest absolute Gasteiger partial charge is 0.331 e. The van der Waals surface area contributed by atoms with Crippen molar-refractivity contribution in [3.8, 4) is 0 Å². The molecule has 0 aromatic heterocycles. The van der Waals surface area contributed by atoms with Gasteiger partial charge in [0.2, 0.25) is 0 Å². The Morgan fingerprint density at radius 1 is 1.29 bits per heavy atom. The number of ether oxygens (including phenoxy) is 1. The molecule has 1 aliphatic heterocycles. The average molecular weight is 253 g/mol. The van der Waals surface area contributed by atoms with E-state index in [1.807, 2.05) is 24.3 Å². The first-order valence-corrected chi connectivity index (χ1v) is 5.16. The lowest BCUT2D eigenvalue weighted by Crippen LogP contribution is -2.10. The van der Waals surface area contributed by atoms with E-state index in [0.29, 0.717) is 0 Å².